The Labute approximate surface area is 106 Å². The van der Waals surface area contributed by atoms with Crippen molar-refractivity contribution in [1.29, 1.82) is 0 Å². The molecular weight excluding hydrogens is 230 g/mol. The van der Waals surface area contributed by atoms with E-state index in [-0.39, 0.29) is 12.1 Å². The number of aromatic nitrogens is 4. The first-order valence-corrected chi connectivity index (χ1v) is 5.83. The zero-order chi connectivity index (χ0) is 13.0. The lowest BCUT2D eigenvalue weighted by atomic mass is 10.2. The highest BCUT2D eigenvalue weighted by atomic mass is 16.5. The van der Waals surface area contributed by atoms with Gasteiger partial charge in [-0.1, -0.05) is 6.07 Å². The quantitative estimate of drug-likeness (QED) is 0.867. The average molecular weight is 247 g/mol. The van der Waals surface area contributed by atoms with Crippen molar-refractivity contribution in [3.8, 4) is 5.69 Å². The molecule has 96 valence electrons. The van der Waals surface area contributed by atoms with Gasteiger partial charge in [0.15, 0.2) is 0 Å². The molecule has 0 fully saturated rings. The first kappa shape index (κ1) is 12.5. The summed E-state index contributed by atoms with van der Waals surface area (Å²) in [6, 6.07) is 8.14. The fourth-order valence-corrected chi connectivity index (χ4v) is 1.60. The molecule has 6 nitrogen and oxygen atoms in total. The molecule has 2 rings (SSSR count). The SMILES string of the molecule is COC(C)C(C)Nc1cccc(-n2cnnn2)c1. The van der Waals surface area contributed by atoms with Crippen LogP contribution in [0.15, 0.2) is 30.6 Å². The maximum Gasteiger partial charge on any atom is 0.143 e. The van der Waals surface area contributed by atoms with E-state index in [4.69, 9.17) is 4.74 Å². The lowest BCUT2D eigenvalue weighted by Crippen LogP contribution is -2.29. The van der Waals surface area contributed by atoms with Gasteiger partial charge in [-0.15, -0.1) is 5.10 Å². The fourth-order valence-electron chi connectivity index (χ4n) is 1.60. The first-order valence-electron chi connectivity index (χ1n) is 5.83. The summed E-state index contributed by atoms with van der Waals surface area (Å²) in [5.41, 5.74) is 1.93. The van der Waals surface area contributed by atoms with Crippen molar-refractivity contribution < 1.29 is 4.74 Å². The van der Waals surface area contributed by atoms with Crippen LogP contribution < -0.4 is 5.32 Å². The Bertz CT molecular complexity index is 485. The number of hydrogen-bond acceptors (Lipinski definition) is 5. The van der Waals surface area contributed by atoms with E-state index in [0.29, 0.717) is 0 Å². The molecule has 0 radical (unpaired) electrons. The highest BCUT2D eigenvalue weighted by Gasteiger charge is 2.10. The second-order valence-corrected chi connectivity index (χ2v) is 4.18. The molecule has 1 aromatic carbocycles. The lowest BCUT2D eigenvalue weighted by molar-refractivity contribution is 0.106. The molecule has 2 atom stereocenters. The van der Waals surface area contributed by atoms with Crippen LogP contribution in [0.2, 0.25) is 0 Å². The van der Waals surface area contributed by atoms with Crippen LogP contribution in [-0.2, 0) is 4.74 Å². The zero-order valence-electron chi connectivity index (χ0n) is 10.7. The second-order valence-electron chi connectivity index (χ2n) is 4.18. The molecule has 6 heteroatoms. The zero-order valence-corrected chi connectivity index (χ0v) is 10.7. The average Bonchev–Trinajstić information content (AvgIpc) is 2.92. The third-order valence-electron chi connectivity index (χ3n) is 2.93. The molecule has 0 aliphatic carbocycles. The van der Waals surface area contributed by atoms with Gasteiger partial charge in [0, 0.05) is 18.8 Å². The van der Waals surface area contributed by atoms with E-state index < -0.39 is 0 Å². The third kappa shape index (κ3) is 2.84. The fraction of sp³-hybridized carbons (Fsp3) is 0.417. The molecule has 0 amide bonds. The van der Waals surface area contributed by atoms with E-state index in [9.17, 15) is 0 Å². The normalized spacial score (nSPS) is 14.2. The largest absolute Gasteiger partial charge is 0.380 e. The predicted octanol–water partition coefficient (Wildman–Crippen LogP) is 1.50. The predicted molar refractivity (Wildman–Crippen MR) is 68.7 cm³/mol. The van der Waals surface area contributed by atoms with Crippen molar-refractivity contribution in [3.05, 3.63) is 30.6 Å². The van der Waals surface area contributed by atoms with E-state index in [1.807, 2.05) is 31.2 Å². The molecule has 2 aromatic rings. The van der Waals surface area contributed by atoms with Crippen molar-refractivity contribution in [2.75, 3.05) is 12.4 Å². The molecule has 0 aliphatic heterocycles. The number of benzene rings is 1. The van der Waals surface area contributed by atoms with Crippen LogP contribution >= 0.6 is 0 Å². The molecule has 0 saturated carbocycles. The molecule has 0 spiro atoms. The van der Waals surface area contributed by atoms with Crippen molar-refractivity contribution in [3.63, 3.8) is 0 Å². The van der Waals surface area contributed by atoms with Gasteiger partial charge in [-0.2, -0.15) is 0 Å². The summed E-state index contributed by atoms with van der Waals surface area (Å²) >= 11 is 0. The van der Waals surface area contributed by atoms with Gasteiger partial charge in [0.05, 0.1) is 11.8 Å². The summed E-state index contributed by atoms with van der Waals surface area (Å²) in [6.45, 7) is 4.11. The van der Waals surface area contributed by atoms with Crippen LogP contribution in [0.3, 0.4) is 0 Å². The Hall–Kier alpha value is -1.95. The van der Waals surface area contributed by atoms with Crippen LogP contribution in [0.1, 0.15) is 13.8 Å². The van der Waals surface area contributed by atoms with Gasteiger partial charge in [-0.25, -0.2) is 4.68 Å². The minimum Gasteiger partial charge on any atom is -0.380 e. The molecule has 1 N–H and O–H groups in total. The van der Waals surface area contributed by atoms with E-state index >= 15 is 0 Å². The molecule has 1 heterocycles. The van der Waals surface area contributed by atoms with Gasteiger partial charge in [0.1, 0.15) is 6.33 Å². The minimum atomic E-state index is 0.140. The number of methoxy groups -OCH3 is 1. The van der Waals surface area contributed by atoms with E-state index in [0.717, 1.165) is 11.4 Å². The van der Waals surface area contributed by atoms with Crippen LogP contribution in [0.4, 0.5) is 5.69 Å². The van der Waals surface area contributed by atoms with Gasteiger partial charge in [-0.3, -0.25) is 0 Å². The Morgan fingerprint density at radius 3 is 2.83 bits per heavy atom. The van der Waals surface area contributed by atoms with Gasteiger partial charge in [0.2, 0.25) is 0 Å². The Morgan fingerprint density at radius 1 is 1.33 bits per heavy atom. The number of hydrogen-bond donors (Lipinski definition) is 1. The summed E-state index contributed by atoms with van der Waals surface area (Å²) in [6.07, 6.45) is 1.71. The van der Waals surface area contributed by atoms with E-state index in [1.54, 1.807) is 18.1 Å². The summed E-state index contributed by atoms with van der Waals surface area (Å²) in [5.74, 6) is 0. The number of tetrazole rings is 1. The van der Waals surface area contributed by atoms with E-state index in [2.05, 4.69) is 27.8 Å². The highest BCUT2D eigenvalue weighted by molar-refractivity contribution is 5.51. The molecular formula is C12H17N5O. The first-order chi connectivity index (χ1) is 8.70. The van der Waals surface area contributed by atoms with E-state index in [1.165, 1.54) is 0 Å². The van der Waals surface area contributed by atoms with Crippen LogP contribution in [-0.4, -0.2) is 39.5 Å². The van der Waals surface area contributed by atoms with Crippen molar-refractivity contribution in [2.45, 2.75) is 26.0 Å². The minimum absolute atomic E-state index is 0.140. The maximum absolute atomic E-state index is 5.29. The van der Waals surface area contributed by atoms with Crippen molar-refractivity contribution >= 4 is 5.69 Å². The van der Waals surface area contributed by atoms with Gasteiger partial charge in [-0.05, 0) is 42.5 Å². The van der Waals surface area contributed by atoms with Crippen molar-refractivity contribution in [1.82, 2.24) is 20.2 Å². The summed E-state index contributed by atoms with van der Waals surface area (Å²) < 4.78 is 6.91. The summed E-state index contributed by atoms with van der Waals surface area (Å²) in [7, 11) is 1.71. The molecule has 2 unspecified atom stereocenters. The molecule has 0 bridgehead atoms. The van der Waals surface area contributed by atoms with Gasteiger partial charge >= 0.3 is 0 Å². The Morgan fingerprint density at radius 2 is 2.17 bits per heavy atom. The van der Waals surface area contributed by atoms with Crippen LogP contribution in [0.5, 0.6) is 0 Å². The van der Waals surface area contributed by atoms with Crippen LogP contribution in [0.25, 0.3) is 5.69 Å². The standard InChI is InChI=1S/C12H17N5O/c1-9(10(2)18-3)14-11-5-4-6-12(7-11)17-8-13-15-16-17/h4-10,14H,1-3H3. The molecule has 0 saturated heterocycles. The Balaban J connectivity index is 2.13. The Kier molecular flexibility index (Phi) is 3.88. The second kappa shape index (κ2) is 5.59. The van der Waals surface area contributed by atoms with Crippen LogP contribution in [0, 0.1) is 0 Å². The van der Waals surface area contributed by atoms with Crippen molar-refractivity contribution in [2.24, 2.45) is 0 Å². The van der Waals surface area contributed by atoms with Gasteiger partial charge in [0.25, 0.3) is 0 Å². The summed E-state index contributed by atoms with van der Waals surface area (Å²) in [5, 5.41) is 14.5. The number of rotatable bonds is 5. The maximum atomic E-state index is 5.29. The third-order valence-corrected chi connectivity index (χ3v) is 2.93. The highest BCUT2D eigenvalue weighted by Crippen LogP contribution is 2.15. The number of nitrogens with one attached hydrogen (secondary N) is 1. The smallest absolute Gasteiger partial charge is 0.143 e. The lowest BCUT2D eigenvalue weighted by Gasteiger charge is -2.21. The number of nitrogens with zero attached hydrogens (tertiary/aromatic N) is 4. The summed E-state index contributed by atoms with van der Waals surface area (Å²) in [4.78, 5) is 0. The monoisotopic (exact) mass is 247 g/mol. The number of ether oxygens (including phenoxy) is 1. The number of anilines is 1. The molecule has 0 aliphatic rings. The molecule has 18 heavy (non-hydrogen) atoms. The van der Waals surface area contributed by atoms with Gasteiger partial charge < -0.3 is 10.1 Å². The topological polar surface area (TPSA) is 64.9 Å². The molecule has 1 aromatic heterocycles.